The van der Waals surface area contributed by atoms with Gasteiger partial charge < -0.3 is 4.90 Å². The third-order valence-electron chi connectivity index (χ3n) is 5.87. The lowest BCUT2D eigenvalue weighted by atomic mass is 10.0. The highest BCUT2D eigenvalue weighted by Crippen LogP contribution is 2.25. The quantitative estimate of drug-likeness (QED) is 0.368. The summed E-state index contributed by atoms with van der Waals surface area (Å²) in [6.45, 7) is 5.07. The van der Waals surface area contributed by atoms with Crippen molar-refractivity contribution in [3.8, 4) is 0 Å². The van der Waals surface area contributed by atoms with E-state index in [2.05, 4.69) is 38.8 Å². The Labute approximate surface area is 202 Å². The lowest BCUT2D eigenvalue weighted by Crippen LogP contribution is -2.46. The van der Waals surface area contributed by atoms with Crippen LogP contribution in [-0.4, -0.2) is 72.8 Å². The fraction of sp³-hybridized carbons (Fsp3) is 0.458. The Kier molecular flexibility index (Phi) is 8.72. The molecule has 0 radical (unpaired) electrons. The minimum atomic E-state index is -3.69. The van der Waals surface area contributed by atoms with Gasteiger partial charge in [0.15, 0.2) is 15.6 Å². The van der Waals surface area contributed by atoms with E-state index < -0.39 is 19.9 Å². The van der Waals surface area contributed by atoms with Crippen molar-refractivity contribution in [1.29, 1.82) is 0 Å². The van der Waals surface area contributed by atoms with E-state index in [0.717, 1.165) is 64.5 Å². The zero-order chi connectivity index (χ0) is 24.8. The predicted molar refractivity (Wildman–Crippen MR) is 136 cm³/mol. The maximum Gasteiger partial charge on any atom is 0.229 e. The van der Waals surface area contributed by atoms with Gasteiger partial charge in [-0.05, 0) is 49.7 Å². The molecule has 34 heavy (non-hydrogen) atoms. The highest BCUT2D eigenvalue weighted by atomic mass is 32.2. The molecule has 0 unspecified atom stereocenters. The van der Waals surface area contributed by atoms with Gasteiger partial charge in [-0.25, -0.2) is 16.8 Å². The molecular formula is C24H33N3O5S2. The summed E-state index contributed by atoms with van der Waals surface area (Å²) in [6.07, 6.45) is 4.92. The summed E-state index contributed by atoms with van der Waals surface area (Å²) in [7, 11) is -7.34. The van der Waals surface area contributed by atoms with E-state index in [1.807, 2.05) is 6.07 Å². The van der Waals surface area contributed by atoms with Crippen LogP contribution in [0.25, 0.3) is 0 Å². The summed E-state index contributed by atoms with van der Waals surface area (Å²) in [4.78, 5) is 17.3. The van der Waals surface area contributed by atoms with E-state index in [1.165, 1.54) is 23.9 Å². The van der Waals surface area contributed by atoms with Crippen LogP contribution in [0.2, 0.25) is 0 Å². The number of hydrogen-bond acceptors (Lipinski definition) is 7. The molecule has 1 heterocycles. The zero-order valence-electron chi connectivity index (χ0n) is 19.7. The highest BCUT2D eigenvalue weighted by Gasteiger charge is 2.19. The van der Waals surface area contributed by atoms with Gasteiger partial charge >= 0.3 is 0 Å². The minimum Gasteiger partial charge on any atom is -0.369 e. The average molecular weight is 508 g/mol. The molecule has 2 aromatic rings. The Morgan fingerprint density at radius 3 is 2.18 bits per heavy atom. The first-order chi connectivity index (χ1) is 16.0. The minimum absolute atomic E-state index is 0.0921. The van der Waals surface area contributed by atoms with Crippen molar-refractivity contribution in [2.45, 2.75) is 30.6 Å². The number of Topliss-reactive ketones (excluding diaryl/α,β-unsaturated/α-hetero) is 1. The van der Waals surface area contributed by atoms with Gasteiger partial charge in [-0.15, -0.1) is 0 Å². The van der Waals surface area contributed by atoms with Gasteiger partial charge in [0.1, 0.15) is 0 Å². The number of carbonyl (C=O) groups excluding carboxylic acids is 1. The van der Waals surface area contributed by atoms with Crippen molar-refractivity contribution >= 4 is 37.0 Å². The molecule has 1 aliphatic rings. The van der Waals surface area contributed by atoms with Crippen molar-refractivity contribution in [2.24, 2.45) is 0 Å². The Morgan fingerprint density at radius 1 is 0.882 bits per heavy atom. The van der Waals surface area contributed by atoms with E-state index >= 15 is 0 Å². The molecule has 3 rings (SSSR count). The van der Waals surface area contributed by atoms with Gasteiger partial charge in [-0.3, -0.25) is 14.4 Å². The molecule has 1 saturated heterocycles. The van der Waals surface area contributed by atoms with Crippen LogP contribution in [0.1, 0.15) is 36.0 Å². The molecular weight excluding hydrogens is 474 g/mol. The molecule has 0 atom stereocenters. The molecule has 0 bridgehead atoms. The number of sulfone groups is 1. The van der Waals surface area contributed by atoms with Crippen LogP contribution in [0, 0.1) is 0 Å². The SMILES string of the molecule is CS(=O)(=O)Nc1cc(C(=O)CCCCCN2CCN(c3ccccc3)CC2)ccc1S(C)(=O)=O. The van der Waals surface area contributed by atoms with E-state index in [0.29, 0.717) is 12.0 Å². The molecule has 10 heteroatoms. The molecule has 0 aromatic heterocycles. The number of ketones is 1. The second-order valence-corrected chi connectivity index (χ2v) is 12.5. The van der Waals surface area contributed by atoms with Crippen LogP contribution in [0.4, 0.5) is 11.4 Å². The van der Waals surface area contributed by atoms with Crippen LogP contribution in [-0.2, 0) is 19.9 Å². The highest BCUT2D eigenvalue weighted by molar-refractivity contribution is 7.92. The van der Waals surface area contributed by atoms with Gasteiger partial charge in [0.2, 0.25) is 10.0 Å². The maximum atomic E-state index is 12.6. The summed E-state index contributed by atoms with van der Waals surface area (Å²) in [6, 6.07) is 14.5. The van der Waals surface area contributed by atoms with E-state index in [-0.39, 0.29) is 16.4 Å². The first kappa shape index (κ1) is 26.2. The van der Waals surface area contributed by atoms with Crippen molar-refractivity contribution in [3.63, 3.8) is 0 Å². The van der Waals surface area contributed by atoms with Crippen molar-refractivity contribution in [2.75, 3.05) is 54.9 Å². The average Bonchev–Trinajstić information content (AvgIpc) is 2.78. The smallest absolute Gasteiger partial charge is 0.229 e. The number of unbranched alkanes of at least 4 members (excludes halogenated alkanes) is 2. The van der Waals surface area contributed by atoms with Crippen LogP contribution in [0.5, 0.6) is 0 Å². The topological polar surface area (TPSA) is 104 Å². The molecule has 1 aliphatic heterocycles. The molecule has 186 valence electrons. The zero-order valence-corrected chi connectivity index (χ0v) is 21.4. The second kappa shape index (κ2) is 11.3. The summed E-state index contributed by atoms with van der Waals surface area (Å²) in [5.41, 5.74) is 1.47. The number of anilines is 2. The van der Waals surface area contributed by atoms with Crippen LogP contribution in [0.15, 0.2) is 53.4 Å². The first-order valence-electron chi connectivity index (χ1n) is 11.4. The third-order valence-corrected chi connectivity index (χ3v) is 7.61. The van der Waals surface area contributed by atoms with Crippen LogP contribution < -0.4 is 9.62 Å². The predicted octanol–water partition coefficient (Wildman–Crippen LogP) is 3.03. The van der Waals surface area contributed by atoms with Crippen molar-refractivity contribution in [1.82, 2.24) is 4.90 Å². The Morgan fingerprint density at radius 2 is 1.56 bits per heavy atom. The summed E-state index contributed by atoms with van der Waals surface area (Å²) in [5.74, 6) is -0.131. The van der Waals surface area contributed by atoms with Gasteiger partial charge in [0, 0.05) is 50.1 Å². The lowest BCUT2D eigenvalue weighted by Gasteiger charge is -2.36. The molecule has 0 saturated carbocycles. The monoisotopic (exact) mass is 507 g/mol. The van der Waals surface area contributed by atoms with Gasteiger partial charge in [0.05, 0.1) is 16.8 Å². The number of nitrogens with zero attached hydrogens (tertiary/aromatic N) is 2. The number of carbonyl (C=O) groups is 1. The number of nitrogens with one attached hydrogen (secondary N) is 1. The molecule has 1 N–H and O–H groups in total. The fourth-order valence-electron chi connectivity index (χ4n) is 4.12. The second-order valence-electron chi connectivity index (χ2n) is 8.76. The third kappa shape index (κ3) is 7.82. The van der Waals surface area contributed by atoms with Crippen molar-refractivity contribution < 1.29 is 21.6 Å². The number of piperazine rings is 1. The molecule has 0 amide bonds. The van der Waals surface area contributed by atoms with Gasteiger partial charge in [0.25, 0.3) is 0 Å². The van der Waals surface area contributed by atoms with Crippen molar-refractivity contribution in [3.05, 3.63) is 54.1 Å². The molecule has 2 aromatic carbocycles. The summed E-state index contributed by atoms with van der Waals surface area (Å²) in [5, 5.41) is 0. The summed E-state index contributed by atoms with van der Waals surface area (Å²) < 4.78 is 49.4. The van der Waals surface area contributed by atoms with Crippen LogP contribution >= 0.6 is 0 Å². The number of hydrogen-bond donors (Lipinski definition) is 1. The van der Waals surface area contributed by atoms with E-state index in [1.54, 1.807) is 0 Å². The normalized spacial score (nSPS) is 15.3. The number of sulfonamides is 1. The molecule has 1 fully saturated rings. The fourth-order valence-corrected chi connectivity index (χ4v) is 5.57. The number of para-hydroxylation sites is 1. The van der Waals surface area contributed by atoms with Crippen LogP contribution in [0.3, 0.4) is 0 Å². The molecule has 8 nitrogen and oxygen atoms in total. The summed E-state index contributed by atoms with van der Waals surface area (Å²) >= 11 is 0. The van der Waals surface area contributed by atoms with Gasteiger partial charge in [-0.2, -0.15) is 0 Å². The van der Waals surface area contributed by atoms with E-state index in [9.17, 15) is 21.6 Å². The standard InChI is InChI=1S/C24H33N3O5S2/c1-33(29,30)24-13-12-20(19-22(24)25-34(2,31)32)23(28)11-7-4-8-14-26-15-17-27(18-16-26)21-9-5-3-6-10-21/h3,5-6,9-10,12-13,19,25H,4,7-8,11,14-18H2,1-2H3. The Bertz CT molecular complexity index is 1190. The Balaban J connectivity index is 1.44. The van der Waals surface area contributed by atoms with E-state index in [4.69, 9.17) is 0 Å². The molecule has 0 aliphatic carbocycles. The maximum absolute atomic E-state index is 12.6. The largest absolute Gasteiger partial charge is 0.369 e. The molecule has 0 spiro atoms. The number of benzene rings is 2. The lowest BCUT2D eigenvalue weighted by molar-refractivity contribution is 0.0978. The number of rotatable bonds is 11. The first-order valence-corrected chi connectivity index (χ1v) is 15.2. The Hall–Kier alpha value is -2.43. The van der Waals surface area contributed by atoms with Gasteiger partial charge in [-0.1, -0.05) is 24.6 Å².